The number of aryl methyl sites for hydroxylation is 1. The number of anilines is 1. The van der Waals surface area contributed by atoms with Crippen LogP contribution in [0.2, 0.25) is 5.02 Å². The van der Waals surface area contributed by atoms with Gasteiger partial charge in [0.25, 0.3) is 5.91 Å². The van der Waals surface area contributed by atoms with Gasteiger partial charge in [-0.1, -0.05) is 31.5 Å². The van der Waals surface area contributed by atoms with Crippen molar-refractivity contribution in [2.75, 3.05) is 5.32 Å². The Balaban J connectivity index is 2.07. The average molecular weight is 346 g/mol. The van der Waals surface area contributed by atoms with Crippen molar-refractivity contribution in [1.29, 1.82) is 0 Å². The summed E-state index contributed by atoms with van der Waals surface area (Å²) in [6.07, 6.45) is 1.67. The van der Waals surface area contributed by atoms with Crippen molar-refractivity contribution in [3.05, 3.63) is 58.7 Å². The molecule has 0 saturated heterocycles. The van der Waals surface area contributed by atoms with E-state index in [2.05, 4.69) is 15.6 Å². The summed E-state index contributed by atoms with van der Waals surface area (Å²) >= 11 is 5.82. The van der Waals surface area contributed by atoms with Crippen LogP contribution in [0.15, 0.2) is 42.6 Å². The minimum atomic E-state index is -0.670. The quantitative estimate of drug-likeness (QED) is 0.872. The second-order valence-electron chi connectivity index (χ2n) is 5.91. The first-order chi connectivity index (χ1) is 11.4. The SMILES string of the molecule is Cc1ccc(NC(=O)[C@@H](NC(=O)c2ccc(Cl)cc2)C(C)C)nc1. The molecule has 0 saturated carbocycles. The van der Waals surface area contributed by atoms with Gasteiger partial charge in [-0.05, 0) is 48.7 Å². The number of nitrogens with zero attached hydrogens (tertiary/aromatic N) is 1. The number of hydrogen-bond donors (Lipinski definition) is 2. The summed E-state index contributed by atoms with van der Waals surface area (Å²) in [4.78, 5) is 28.9. The summed E-state index contributed by atoms with van der Waals surface area (Å²) in [5.41, 5.74) is 1.45. The van der Waals surface area contributed by atoms with E-state index in [0.717, 1.165) is 5.56 Å². The predicted octanol–water partition coefficient (Wildman–Crippen LogP) is 3.44. The van der Waals surface area contributed by atoms with Crippen molar-refractivity contribution in [2.24, 2.45) is 5.92 Å². The fourth-order valence-electron chi connectivity index (χ4n) is 2.11. The smallest absolute Gasteiger partial charge is 0.251 e. The van der Waals surface area contributed by atoms with Crippen molar-refractivity contribution in [1.82, 2.24) is 10.3 Å². The van der Waals surface area contributed by atoms with Crippen LogP contribution >= 0.6 is 11.6 Å². The lowest BCUT2D eigenvalue weighted by Gasteiger charge is -2.21. The van der Waals surface area contributed by atoms with E-state index >= 15 is 0 Å². The molecule has 2 aromatic rings. The molecule has 5 nitrogen and oxygen atoms in total. The standard InChI is InChI=1S/C18H20ClN3O2/c1-11(2)16(18(24)21-15-9-4-12(3)10-20-15)22-17(23)13-5-7-14(19)8-6-13/h4-11,16H,1-3H3,(H,22,23)(H,20,21,24)/t16-/m0/s1. The Kier molecular flexibility index (Phi) is 5.93. The summed E-state index contributed by atoms with van der Waals surface area (Å²) in [5, 5.41) is 6.04. The third kappa shape index (κ3) is 4.80. The van der Waals surface area contributed by atoms with Gasteiger partial charge in [0.2, 0.25) is 5.91 Å². The highest BCUT2D eigenvalue weighted by molar-refractivity contribution is 6.30. The number of rotatable bonds is 5. The molecule has 0 aliphatic carbocycles. The summed E-state index contributed by atoms with van der Waals surface area (Å²) in [6, 6.07) is 9.43. The van der Waals surface area contributed by atoms with Crippen LogP contribution in [-0.2, 0) is 4.79 Å². The van der Waals surface area contributed by atoms with E-state index in [4.69, 9.17) is 11.6 Å². The topological polar surface area (TPSA) is 71.1 Å². The molecule has 0 unspecified atom stereocenters. The molecule has 0 spiro atoms. The van der Waals surface area contributed by atoms with E-state index in [0.29, 0.717) is 16.4 Å². The van der Waals surface area contributed by atoms with Crippen LogP contribution in [0.1, 0.15) is 29.8 Å². The van der Waals surface area contributed by atoms with Crippen LogP contribution in [-0.4, -0.2) is 22.8 Å². The Labute approximate surface area is 146 Å². The van der Waals surface area contributed by atoms with Crippen molar-refractivity contribution in [3.63, 3.8) is 0 Å². The lowest BCUT2D eigenvalue weighted by atomic mass is 10.0. The number of hydrogen-bond acceptors (Lipinski definition) is 3. The van der Waals surface area contributed by atoms with Crippen LogP contribution in [0.4, 0.5) is 5.82 Å². The maximum atomic E-state index is 12.5. The highest BCUT2D eigenvalue weighted by atomic mass is 35.5. The monoisotopic (exact) mass is 345 g/mol. The Morgan fingerprint density at radius 3 is 2.29 bits per heavy atom. The molecule has 1 aromatic carbocycles. The molecule has 24 heavy (non-hydrogen) atoms. The highest BCUT2D eigenvalue weighted by Gasteiger charge is 2.25. The van der Waals surface area contributed by atoms with Crippen molar-refractivity contribution >= 4 is 29.2 Å². The van der Waals surface area contributed by atoms with Crippen molar-refractivity contribution in [3.8, 4) is 0 Å². The Hall–Kier alpha value is -2.40. The minimum absolute atomic E-state index is 0.0771. The number of amides is 2. The number of carbonyl (C=O) groups is 2. The summed E-state index contributed by atoms with van der Waals surface area (Å²) < 4.78 is 0. The zero-order chi connectivity index (χ0) is 17.7. The van der Waals surface area contributed by atoms with Gasteiger partial charge < -0.3 is 10.6 Å². The van der Waals surface area contributed by atoms with Gasteiger partial charge in [-0.25, -0.2) is 4.98 Å². The lowest BCUT2D eigenvalue weighted by Crippen LogP contribution is -2.47. The van der Waals surface area contributed by atoms with Gasteiger partial charge in [-0.15, -0.1) is 0 Å². The number of halogens is 1. The summed E-state index contributed by atoms with van der Waals surface area (Å²) in [5.74, 6) is -0.246. The summed E-state index contributed by atoms with van der Waals surface area (Å²) in [6.45, 7) is 5.66. The van der Waals surface area contributed by atoms with Gasteiger partial charge in [-0.2, -0.15) is 0 Å². The Morgan fingerprint density at radius 2 is 1.75 bits per heavy atom. The minimum Gasteiger partial charge on any atom is -0.340 e. The van der Waals surface area contributed by atoms with Gasteiger partial charge in [0, 0.05) is 16.8 Å². The van der Waals surface area contributed by atoms with Crippen molar-refractivity contribution < 1.29 is 9.59 Å². The highest BCUT2D eigenvalue weighted by Crippen LogP contribution is 2.12. The van der Waals surface area contributed by atoms with E-state index in [-0.39, 0.29) is 17.7 Å². The molecule has 2 rings (SSSR count). The second-order valence-corrected chi connectivity index (χ2v) is 6.35. The van der Waals surface area contributed by atoms with E-state index in [1.54, 1.807) is 36.5 Å². The zero-order valence-corrected chi connectivity index (χ0v) is 14.6. The second kappa shape index (κ2) is 7.93. The molecule has 126 valence electrons. The molecule has 2 amide bonds. The molecular weight excluding hydrogens is 326 g/mol. The van der Waals surface area contributed by atoms with Crippen molar-refractivity contribution in [2.45, 2.75) is 26.8 Å². The van der Waals surface area contributed by atoms with Gasteiger partial charge >= 0.3 is 0 Å². The van der Waals surface area contributed by atoms with Gasteiger partial charge in [0.1, 0.15) is 11.9 Å². The number of aromatic nitrogens is 1. The fourth-order valence-corrected chi connectivity index (χ4v) is 2.23. The lowest BCUT2D eigenvalue weighted by molar-refractivity contribution is -0.118. The number of nitrogens with one attached hydrogen (secondary N) is 2. The molecule has 0 fully saturated rings. The molecule has 1 atom stereocenters. The molecule has 0 aliphatic rings. The molecular formula is C18H20ClN3O2. The van der Waals surface area contributed by atoms with Crippen LogP contribution in [0, 0.1) is 12.8 Å². The first kappa shape index (κ1) is 17.9. The third-order valence-corrected chi connectivity index (χ3v) is 3.76. The largest absolute Gasteiger partial charge is 0.340 e. The normalized spacial score (nSPS) is 11.9. The van der Waals surface area contributed by atoms with Gasteiger partial charge in [-0.3, -0.25) is 9.59 Å². The van der Waals surface area contributed by atoms with Crippen LogP contribution < -0.4 is 10.6 Å². The third-order valence-electron chi connectivity index (χ3n) is 3.50. The molecule has 1 aromatic heterocycles. The maximum absolute atomic E-state index is 12.5. The van der Waals surface area contributed by atoms with Crippen LogP contribution in [0.25, 0.3) is 0 Å². The number of pyridine rings is 1. The predicted molar refractivity (Wildman–Crippen MR) is 95.1 cm³/mol. The number of carbonyl (C=O) groups excluding carboxylic acids is 2. The van der Waals surface area contributed by atoms with E-state index in [9.17, 15) is 9.59 Å². The Morgan fingerprint density at radius 1 is 1.08 bits per heavy atom. The Bertz CT molecular complexity index is 712. The first-order valence-corrected chi connectivity index (χ1v) is 8.04. The van der Waals surface area contributed by atoms with Crippen LogP contribution in [0.3, 0.4) is 0 Å². The molecule has 0 aliphatic heterocycles. The first-order valence-electron chi connectivity index (χ1n) is 7.67. The molecule has 2 N–H and O–H groups in total. The number of benzene rings is 1. The molecule has 6 heteroatoms. The molecule has 1 heterocycles. The zero-order valence-electron chi connectivity index (χ0n) is 13.8. The van der Waals surface area contributed by atoms with Gasteiger partial charge in [0.15, 0.2) is 0 Å². The van der Waals surface area contributed by atoms with Gasteiger partial charge in [0.05, 0.1) is 0 Å². The maximum Gasteiger partial charge on any atom is 0.251 e. The van der Waals surface area contributed by atoms with E-state index < -0.39 is 6.04 Å². The fraction of sp³-hybridized carbons (Fsp3) is 0.278. The van der Waals surface area contributed by atoms with E-state index in [1.165, 1.54) is 0 Å². The molecule has 0 bridgehead atoms. The van der Waals surface area contributed by atoms with Crippen LogP contribution in [0.5, 0.6) is 0 Å². The summed E-state index contributed by atoms with van der Waals surface area (Å²) in [7, 11) is 0. The average Bonchev–Trinajstić information content (AvgIpc) is 2.54. The molecule has 0 radical (unpaired) electrons. The van der Waals surface area contributed by atoms with E-state index in [1.807, 2.05) is 26.8 Å².